The number of methoxy groups -OCH3 is 1. The van der Waals surface area contributed by atoms with Gasteiger partial charge in [0.15, 0.2) is 0 Å². The first-order chi connectivity index (χ1) is 21.0. The van der Waals surface area contributed by atoms with Gasteiger partial charge in [0, 0.05) is 35.3 Å². The van der Waals surface area contributed by atoms with Crippen molar-refractivity contribution in [1.82, 2.24) is 10.3 Å². The predicted octanol–water partition coefficient (Wildman–Crippen LogP) is 6.95. The number of carbonyl (C=O) groups excluding carboxylic acids is 2. The van der Waals surface area contributed by atoms with Crippen LogP contribution in [0, 0.1) is 0 Å². The number of ether oxygens (including phenoxy) is 2. The molecular weight excluding hydrogens is 540 g/mol. The summed E-state index contributed by atoms with van der Waals surface area (Å²) < 4.78 is 11.5. The van der Waals surface area contributed by atoms with E-state index in [0.717, 1.165) is 33.0 Å². The lowest BCUT2D eigenvalue weighted by Gasteiger charge is -2.12. The lowest BCUT2D eigenvalue weighted by molar-refractivity contribution is 0.0951. The van der Waals surface area contributed by atoms with Crippen LogP contribution < -0.4 is 25.8 Å². The molecule has 0 bridgehead atoms. The van der Waals surface area contributed by atoms with Crippen LogP contribution in [0.2, 0.25) is 0 Å². The molecule has 0 fully saturated rings. The minimum Gasteiger partial charge on any atom is -0.497 e. The molecule has 0 spiro atoms. The maximum absolute atomic E-state index is 13.2. The Morgan fingerprint density at radius 3 is 2.40 bits per heavy atom. The number of carbonyl (C=O) groups is 2. The Hall–Kier alpha value is -5.89. The fraction of sp³-hybridized carbons (Fsp3) is 0.0571. The van der Waals surface area contributed by atoms with E-state index in [1.807, 2.05) is 78.9 Å². The zero-order valence-electron chi connectivity index (χ0n) is 23.3. The number of nitrogens with one attached hydrogen (secondary N) is 2. The summed E-state index contributed by atoms with van der Waals surface area (Å²) in [7, 11) is 1.62. The Morgan fingerprint density at radius 1 is 0.791 bits per heavy atom. The van der Waals surface area contributed by atoms with Gasteiger partial charge in [-0.25, -0.2) is 0 Å². The summed E-state index contributed by atoms with van der Waals surface area (Å²) in [5.41, 5.74) is 9.66. The van der Waals surface area contributed by atoms with Crippen molar-refractivity contribution in [2.75, 3.05) is 18.2 Å². The van der Waals surface area contributed by atoms with E-state index in [9.17, 15) is 9.59 Å². The molecule has 0 radical (unpaired) electrons. The first-order valence-electron chi connectivity index (χ1n) is 13.6. The summed E-state index contributed by atoms with van der Waals surface area (Å²) >= 11 is 0. The summed E-state index contributed by atoms with van der Waals surface area (Å²) in [6, 6.07) is 32.9. The molecule has 4 N–H and O–H groups in total. The summed E-state index contributed by atoms with van der Waals surface area (Å²) in [5, 5.41) is 8.35. The largest absolute Gasteiger partial charge is 0.497 e. The number of amides is 2. The minimum absolute atomic E-state index is 0.199. The number of aromatic nitrogens is 1. The van der Waals surface area contributed by atoms with Gasteiger partial charge < -0.3 is 25.8 Å². The Balaban J connectivity index is 1.13. The Bertz CT molecular complexity index is 1970. The molecule has 0 aliphatic rings. The highest BCUT2D eigenvalue weighted by Crippen LogP contribution is 2.32. The molecule has 0 saturated carbocycles. The van der Waals surface area contributed by atoms with Crippen LogP contribution in [0.5, 0.6) is 17.2 Å². The lowest BCUT2D eigenvalue weighted by Crippen LogP contribution is -2.23. The summed E-state index contributed by atoms with van der Waals surface area (Å²) in [5.74, 6) is 1.59. The van der Waals surface area contributed by atoms with E-state index >= 15 is 0 Å². The Morgan fingerprint density at radius 2 is 1.58 bits per heavy atom. The highest BCUT2D eigenvalue weighted by atomic mass is 16.5. The molecule has 0 aliphatic carbocycles. The van der Waals surface area contributed by atoms with Gasteiger partial charge in [-0.3, -0.25) is 14.6 Å². The van der Waals surface area contributed by atoms with E-state index in [1.165, 1.54) is 0 Å². The molecule has 5 aromatic carbocycles. The second-order valence-corrected chi connectivity index (χ2v) is 9.90. The number of rotatable bonds is 8. The fourth-order valence-corrected chi connectivity index (χ4v) is 4.82. The molecule has 212 valence electrons. The summed E-state index contributed by atoms with van der Waals surface area (Å²) in [6.45, 7) is 0.309. The van der Waals surface area contributed by atoms with Gasteiger partial charge in [0.2, 0.25) is 0 Å². The Labute approximate surface area is 248 Å². The molecule has 2 amide bonds. The van der Waals surface area contributed by atoms with E-state index in [-0.39, 0.29) is 11.8 Å². The van der Waals surface area contributed by atoms with Crippen molar-refractivity contribution >= 4 is 44.9 Å². The molecule has 8 nitrogen and oxygen atoms in total. The molecule has 8 heteroatoms. The standard InChI is InChI=1S/C35H28N4O4/c1-42-25-13-16-29-32(20-25)37-18-17-33(29)43-26-14-15-27-24(19-26)5-4-6-28(27)35(41)38-21-22-9-11-23(12-10-22)34(40)39-31-8-3-2-7-30(31)36/h2-20H,21,36H2,1H3,(H,38,41)(H,39,40). The van der Waals surface area contributed by atoms with Gasteiger partial charge in [0.1, 0.15) is 17.2 Å². The molecule has 6 aromatic rings. The molecule has 1 heterocycles. The van der Waals surface area contributed by atoms with E-state index in [1.54, 1.807) is 43.6 Å². The number of hydrogen-bond donors (Lipinski definition) is 3. The highest BCUT2D eigenvalue weighted by Gasteiger charge is 2.13. The van der Waals surface area contributed by atoms with Crippen molar-refractivity contribution in [1.29, 1.82) is 0 Å². The maximum Gasteiger partial charge on any atom is 0.255 e. The number of nitrogens with two attached hydrogens (primary N) is 1. The average molecular weight is 569 g/mol. The number of para-hydroxylation sites is 2. The number of hydrogen-bond acceptors (Lipinski definition) is 6. The number of nitrogens with zero attached hydrogens (tertiary/aromatic N) is 1. The molecule has 0 unspecified atom stereocenters. The molecule has 1 aromatic heterocycles. The Kier molecular flexibility index (Phi) is 7.56. The van der Waals surface area contributed by atoms with E-state index in [4.69, 9.17) is 15.2 Å². The molecule has 0 aliphatic heterocycles. The van der Waals surface area contributed by atoms with Gasteiger partial charge in [-0.05, 0) is 83.1 Å². The van der Waals surface area contributed by atoms with Crippen molar-refractivity contribution < 1.29 is 19.1 Å². The minimum atomic E-state index is -0.259. The number of benzene rings is 5. The quantitative estimate of drug-likeness (QED) is 0.171. The van der Waals surface area contributed by atoms with Crippen LogP contribution in [0.15, 0.2) is 115 Å². The first-order valence-corrected chi connectivity index (χ1v) is 13.6. The zero-order valence-corrected chi connectivity index (χ0v) is 23.3. The maximum atomic E-state index is 13.2. The lowest BCUT2D eigenvalue weighted by atomic mass is 10.0. The third kappa shape index (κ3) is 5.94. The topological polar surface area (TPSA) is 116 Å². The van der Waals surface area contributed by atoms with Crippen LogP contribution in [0.4, 0.5) is 11.4 Å². The number of fused-ring (bicyclic) bond motifs is 2. The molecular formula is C35H28N4O4. The van der Waals surface area contributed by atoms with Crippen LogP contribution >= 0.6 is 0 Å². The van der Waals surface area contributed by atoms with Crippen molar-refractivity contribution in [2.45, 2.75) is 6.54 Å². The van der Waals surface area contributed by atoms with E-state index < -0.39 is 0 Å². The van der Waals surface area contributed by atoms with Crippen LogP contribution in [-0.4, -0.2) is 23.9 Å². The van der Waals surface area contributed by atoms with Crippen molar-refractivity contribution in [3.8, 4) is 17.2 Å². The number of pyridine rings is 1. The van der Waals surface area contributed by atoms with Gasteiger partial charge in [-0.2, -0.15) is 0 Å². The van der Waals surface area contributed by atoms with Crippen molar-refractivity contribution in [2.24, 2.45) is 0 Å². The van der Waals surface area contributed by atoms with Gasteiger partial charge in [-0.1, -0.05) is 36.4 Å². The van der Waals surface area contributed by atoms with Crippen LogP contribution in [-0.2, 0) is 6.54 Å². The van der Waals surface area contributed by atoms with Gasteiger partial charge in [0.25, 0.3) is 11.8 Å². The molecule has 43 heavy (non-hydrogen) atoms. The number of nitrogen functional groups attached to an aromatic ring is 1. The van der Waals surface area contributed by atoms with E-state index in [0.29, 0.717) is 40.5 Å². The molecule has 6 rings (SSSR count). The zero-order chi connectivity index (χ0) is 29.8. The van der Waals surface area contributed by atoms with Gasteiger partial charge in [-0.15, -0.1) is 0 Å². The predicted molar refractivity (Wildman–Crippen MR) is 169 cm³/mol. The average Bonchev–Trinajstić information content (AvgIpc) is 3.04. The number of anilines is 2. The second kappa shape index (κ2) is 11.9. The van der Waals surface area contributed by atoms with E-state index in [2.05, 4.69) is 15.6 Å². The van der Waals surface area contributed by atoms with Gasteiger partial charge in [0.05, 0.1) is 24.0 Å². The smallest absolute Gasteiger partial charge is 0.255 e. The third-order valence-electron chi connectivity index (χ3n) is 7.11. The highest BCUT2D eigenvalue weighted by molar-refractivity contribution is 6.07. The molecule has 0 saturated heterocycles. The SMILES string of the molecule is COc1ccc2c(Oc3ccc4c(C(=O)NCc5ccc(C(=O)Nc6ccccc6N)cc5)cccc4c3)ccnc2c1. The fourth-order valence-electron chi connectivity index (χ4n) is 4.82. The third-order valence-corrected chi connectivity index (χ3v) is 7.11. The normalized spacial score (nSPS) is 10.8. The van der Waals surface area contributed by atoms with Crippen LogP contribution in [0.3, 0.4) is 0 Å². The van der Waals surface area contributed by atoms with Crippen molar-refractivity contribution in [3.63, 3.8) is 0 Å². The van der Waals surface area contributed by atoms with Crippen molar-refractivity contribution in [3.05, 3.63) is 132 Å². The first kappa shape index (κ1) is 27.3. The van der Waals surface area contributed by atoms with Crippen LogP contribution in [0.25, 0.3) is 21.7 Å². The second-order valence-electron chi connectivity index (χ2n) is 9.90. The van der Waals surface area contributed by atoms with Crippen LogP contribution in [0.1, 0.15) is 26.3 Å². The summed E-state index contributed by atoms with van der Waals surface area (Å²) in [4.78, 5) is 30.2. The summed E-state index contributed by atoms with van der Waals surface area (Å²) in [6.07, 6.45) is 1.70. The monoisotopic (exact) mass is 568 g/mol. The van der Waals surface area contributed by atoms with Gasteiger partial charge >= 0.3 is 0 Å². The molecule has 0 atom stereocenters.